The molecule has 0 unspecified atom stereocenters. The summed E-state index contributed by atoms with van der Waals surface area (Å²) in [5.41, 5.74) is 2.15. The molecule has 4 nitrogen and oxygen atoms in total. The number of methoxy groups -OCH3 is 1. The van der Waals surface area contributed by atoms with Crippen LogP contribution in [-0.2, 0) is 0 Å². The largest absolute Gasteiger partial charge is 0.497 e. The first-order chi connectivity index (χ1) is 15.2. The zero-order valence-corrected chi connectivity index (χ0v) is 18.6. The quantitative estimate of drug-likeness (QED) is 0.698. The summed E-state index contributed by atoms with van der Waals surface area (Å²) in [5, 5.41) is 0. The molecule has 3 fully saturated rings. The lowest BCUT2D eigenvalue weighted by Crippen LogP contribution is -2.48. The molecule has 1 saturated carbocycles. The van der Waals surface area contributed by atoms with Gasteiger partial charge in [0.25, 0.3) is 5.91 Å². The molecule has 0 N–H and O–H groups in total. The van der Waals surface area contributed by atoms with Gasteiger partial charge in [-0.2, -0.15) is 0 Å². The topological polar surface area (TPSA) is 32.8 Å². The highest BCUT2D eigenvalue weighted by Gasteiger charge is 2.47. The Bertz CT molecular complexity index is 876. The van der Waals surface area contributed by atoms with E-state index in [0.29, 0.717) is 17.9 Å². The van der Waals surface area contributed by atoms with Gasteiger partial charge in [0.15, 0.2) is 0 Å². The van der Waals surface area contributed by atoms with Crippen molar-refractivity contribution in [2.45, 2.75) is 44.1 Å². The molecule has 31 heavy (non-hydrogen) atoms. The van der Waals surface area contributed by atoms with Crippen LogP contribution < -0.4 is 4.74 Å². The third-order valence-corrected chi connectivity index (χ3v) is 7.83. The van der Waals surface area contributed by atoms with Crippen molar-refractivity contribution in [1.82, 2.24) is 9.80 Å². The summed E-state index contributed by atoms with van der Waals surface area (Å²) >= 11 is 0. The van der Waals surface area contributed by atoms with Crippen molar-refractivity contribution in [3.63, 3.8) is 0 Å². The number of benzene rings is 2. The van der Waals surface area contributed by atoms with E-state index in [-0.39, 0.29) is 5.91 Å². The number of amides is 1. The van der Waals surface area contributed by atoms with Gasteiger partial charge in [-0.05, 0) is 55.0 Å². The summed E-state index contributed by atoms with van der Waals surface area (Å²) in [6.07, 6.45) is 6.68. The van der Waals surface area contributed by atoms with Crippen LogP contribution >= 0.6 is 0 Å². The first-order valence-corrected chi connectivity index (χ1v) is 12.0. The Morgan fingerprint density at radius 3 is 2.42 bits per heavy atom. The Morgan fingerprint density at radius 1 is 0.968 bits per heavy atom. The van der Waals surface area contributed by atoms with Gasteiger partial charge < -0.3 is 14.5 Å². The number of carbonyl (C=O) groups is 1. The van der Waals surface area contributed by atoms with Crippen molar-refractivity contribution >= 4 is 5.91 Å². The van der Waals surface area contributed by atoms with E-state index in [9.17, 15) is 4.79 Å². The average Bonchev–Trinajstić information content (AvgIpc) is 3.47. The standard InChI is InChI=1S/C27H34N2O2/c1-31-23-13-11-21(12-14-23)24-19-29(27(30)22-9-3-2-4-10-22)26-15-16-28(18-25(24)26)17-20-7-5-6-8-20/h2-4,9-14,20,24-26H,5-8,15-19H2,1H3/t24-,25-,26-/m1/s1. The molecular formula is C27H34N2O2. The SMILES string of the molecule is COc1ccc([C@H]2CN(C(=O)c3ccccc3)[C@@H]3CCN(CC4CCCC4)C[C@H]23)cc1. The number of hydrogen-bond acceptors (Lipinski definition) is 3. The summed E-state index contributed by atoms with van der Waals surface area (Å²) in [7, 11) is 1.71. The number of carbonyl (C=O) groups excluding carboxylic acids is 1. The molecule has 1 aliphatic carbocycles. The molecular weight excluding hydrogens is 384 g/mol. The summed E-state index contributed by atoms with van der Waals surface area (Å²) in [6.45, 7) is 4.28. The van der Waals surface area contributed by atoms with Crippen molar-refractivity contribution < 1.29 is 9.53 Å². The summed E-state index contributed by atoms with van der Waals surface area (Å²) in [5.74, 6) is 2.84. The maximum Gasteiger partial charge on any atom is 0.254 e. The summed E-state index contributed by atoms with van der Waals surface area (Å²) in [6, 6.07) is 18.7. The van der Waals surface area contributed by atoms with Crippen LogP contribution in [0, 0.1) is 11.8 Å². The van der Waals surface area contributed by atoms with Crippen molar-refractivity contribution in [3.05, 3.63) is 65.7 Å². The molecule has 5 rings (SSSR count). The fraction of sp³-hybridized carbons (Fsp3) is 0.519. The number of nitrogens with zero attached hydrogens (tertiary/aromatic N) is 2. The maximum absolute atomic E-state index is 13.4. The van der Waals surface area contributed by atoms with E-state index < -0.39 is 0 Å². The minimum absolute atomic E-state index is 0.191. The second kappa shape index (κ2) is 9.04. The third-order valence-electron chi connectivity index (χ3n) is 7.83. The maximum atomic E-state index is 13.4. The van der Waals surface area contributed by atoms with Crippen LogP contribution in [0.15, 0.2) is 54.6 Å². The molecule has 0 spiro atoms. The van der Waals surface area contributed by atoms with Crippen LogP contribution in [0.5, 0.6) is 5.75 Å². The van der Waals surface area contributed by atoms with Gasteiger partial charge in [-0.1, -0.05) is 43.2 Å². The van der Waals surface area contributed by atoms with E-state index >= 15 is 0 Å². The number of hydrogen-bond donors (Lipinski definition) is 0. The highest BCUT2D eigenvalue weighted by molar-refractivity contribution is 5.94. The molecule has 2 aromatic rings. The van der Waals surface area contributed by atoms with Crippen LogP contribution in [-0.4, -0.2) is 55.0 Å². The summed E-state index contributed by atoms with van der Waals surface area (Å²) in [4.78, 5) is 18.3. The first kappa shape index (κ1) is 20.6. The zero-order valence-electron chi connectivity index (χ0n) is 18.6. The third kappa shape index (κ3) is 4.23. The van der Waals surface area contributed by atoms with Gasteiger partial charge in [0.1, 0.15) is 5.75 Å². The molecule has 3 aliphatic rings. The molecule has 2 aromatic carbocycles. The second-order valence-electron chi connectivity index (χ2n) is 9.63. The van der Waals surface area contributed by atoms with Crippen molar-refractivity contribution in [3.8, 4) is 5.75 Å². The molecule has 2 saturated heterocycles. The second-order valence-corrected chi connectivity index (χ2v) is 9.63. The fourth-order valence-corrected chi connectivity index (χ4v) is 6.21. The van der Waals surface area contributed by atoms with Gasteiger partial charge in [0.2, 0.25) is 0 Å². The number of rotatable bonds is 5. The summed E-state index contributed by atoms with van der Waals surface area (Å²) < 4.78 is 5.37. The molecule has 2 aliphatic heterocycles. The Morgan fingerprint density at radius 2 is 1.71 bits per heavy atom. The molecule has 0 radical (unpaired) electrons. The normalized spacial score (nSPS) is 26.7. The number of likely N-dealkylation sites (tertiary alicyclic amines) is 2. The monoisotopic (exact) mass is 418 g/mol. The molecule has 2 heterocycles. The van der Waals surface area contributed by atoms with Crippen LogP contribution in [0.4, 0.5) is 0 Å². The fourth-order valence-electron chi connectivity index (χ4n) is 6.21. The van der Waals surface area contributed by atoms with Crippen molar-refractivity contribution in [2.75, 3.05) is 33.3 Å². The van der Waals surface area contributed by atoms with E-state index in [2.05, 4.69) is 34.1 Å². The molecule has 0 bridgehead atoms. The first-order valence-electron chi connectivity index (χ1n) is 12.0. The average molecular weight is 419 g/mol. The smallest absolute Gasteiger partial charge is 0.254 e. The van der Waals surface area contributed by atoms with Gasteiger partial charge in [0, 0.05) is 49.6 Å². The predicted molar refractivity (Wildman–Crippen MR) is 124 cm³/mol. The van der Waals surface area contributed by atoms with Gasteiger partial charge in [-0.25, -0.2) is 0 Å². The Hall–Kier alpha value is -2.33. The van der Waals surface area contributed by atoms with Gasteiger partial charge in [-0.15, -0.1) is 0 Å². The van der Waals surface area contributed by atoms with E-state index in [1.807, 2.05) is 30.3 Å². The van der Waals surface area contributed by atoms with Crippen LogP contribution in [0.25, 0.3) is 0 Å². The van der Waals surface area contributed by atoms with Gasteiger partial charge >= 0.3 is 0 Å². The Labute approximate surface area is 186 Å². The Kier molecular flexibility index (Phi) is 5.99. The molecule has 1 amide bonds. The zero-order chi connectivity index (χ0) is 21.2. The molecule has 4 heteroatoms. The van der Waals surface area contributed by atoms with Gasteiger partial charge in [-0.3, -0.25) is 4.79 Å². The van der Waals surface area contributed by atoms with Crippen molar-refractivity contribution in [2.24, 2.45) is 11.8 Å². The van der Waals surface area contributed by atoms with E-state index in [4.69, 9.17) is 4.74 Å². The number of ether oxygens (including phenoxy) is 1. The highest BCUT2D eigenvalue weighted by Crippen LogP contribution is 2.43. The lowest BCUT2D eigenvalue weighted by molar-refractivity contribution is 0.0603. The number of piperidine rings is 1. The Balaban J connectivity index is 1.39. The van der Waals surface area contributed by atoms with E-state index in [0.717, 1.165) is 43.3 Å². The predicted octanol–water partition coefficient (Wildman–Crippen LogP) is 4.82. The van der Waals surface area contributed by atoms with E-state index in [1.165, 1.54) is 37.8 Å². The minimum Gasteiger partial charge on any atom is -0.497 e. The van der Waals surface area contributed by atoms with Gasteiger partial charge in [0.05, 0.1) is 7.11 Å². The van der Waals surface area contributed by atoms with Crippen LogP contribution in [0.3, 0.4) is 0 Å². The lowest BCUT2D eigenvalue weighted by atomic mass is 9.81. The molecule has 3 atom stereocenters. The minimum atomic E-state index is 0.191. The molecule has 0 aromatic heterocycles. The van der Waals surface area contributed by atoms with Crippen molar-refractivity contribution in [1.29, 1.82) is 0 Å². The van der Waals surface area contributed by atoms with Crippen LogP contribution in [0.1, 0.15) is 53.9 Å². The number of fused-ring (bicyclic) bond motifs is 1. The lowest BCUT2D eigenvalue weighted by Gasteiger charge is -2.40. The van der Waals surface area contributed by atoms with E-state index in [1.54, 1.807) is 7.11 Å². The van der Waals surface area contributed by atoms with Crippen LogP contribution in [0.2, 0.25) is 0 Å². The molecule has 164 valence electrons. The highest BCUT2D eigenvalue weighted by atomic mass is 16.5.